The molecule has 0 heterocycles. The highest BCUT2D eigenvalue weighted by molar-refractivity contribution is 5.93. The summed E-state index contributed by atoms with van der Waals surface area (Å²) in [5.74, 6) is -0.584. The first-order valence-electron chi connectivity index (χ1n) is 11.9. The molecule has 1 fully saturated rings. The lowest BCUT2D eigenvalue weighted by molar-refractivity contribution is -0.150. The Bertz CT molecular complexity index is 885. The van der Waals surface area contributed by atoms with Gasteiger partial charge in [-0.3, -0.25) is 14.4 Å². The number of hydrogen-bond donors (Lipinski definition) is 2. The fourth-order valence-corrected chi connectivity index (χ4v) is 4.77. The molecule has 2 aromatic carbocycles. The van der Waals surface area contributed by atoms with Gasteiger partial charge in [-0.1, -0.05) is 86.8 Å². The second kappa shape index (κ2) is 11.6. The molecule has 0 saturated heterocycles. The highest BCUT2D eigenvalue weighted by Gasteiger charge is 2.47. The Labute approximate surface area is 196 Å². The lowest BCUT2D eigenvalue weighted by atomic mass is 9.78. The van der Waals surface area contributed by atoms with Crippen molar-refractivity contribution in [3.05, 3.63) is 71.8 Å². The van der Waals surface area contributed by atoms with E-state index < -0.39 is 5.54 Å². The maximum atomic E-state index is 14.0. The van der Waals surface area contributed by atoms with Crippen LogP contribution in [-0.2, 0) is 14.4 Å². The number of rotatable bonds is 9. The molecule has 2 aromatic rings. The van der Waals surface area contributed by atoms with Crippen LogP contribution in [0.4, 0.5) is 0 Å². The van der Waals surface area contributed by atoms with Gasteiger partial charge in [0.2, 0.25) is 17.7 Å². The standard InChI is InChI=1S/C27H35N3O3/c1-3-19-30(24(32)20-28-21(2)31)27(17-11-6-12-18-27)26(33)29-25(22-13-7-4-8-14-22)23-15-9-5-10-16-23/h4-5,7-10,13-16,25H,3,6,11-12,17-20H2,1-2H3,(H,28,31)(H,29,33). The Kier molecular flexibility index (Phi) is 8.64. The summed E-state index contributed by atoms with van der Waals surface area (Å²) in [5, 5.41) is 5.91. The smallest absolute Gasteiger partial charge is 0.246 e. The molecular formula is C27H35N3O3. The molecule has 0 aromatic heterocycles. The first kappa shape index (κ1) is 24.5. The van der Waals surface area contributed by atoms with Gasteiger partial charge in [0, 0.05) is 13.5 Å². The van der Waals surface area contributed by atoms with E-state index in [2.05, 4.69) is 10.6 Å². The number of nitrogens with one attached hydrogen (secondary N) is 2. The minimum absolute atomic E-state index is 0.0921. The zero-order valence-corrected chi connectivity index (χ0v) is 19.7. The van der Waals surface area contributed by atoms with Gasteiger partial charge in [0.05, 0.1) is 12.6 Å². The van der Waals surface area contributed by atoms with Crippen molar-refractivity contribution in [2.24, 2.45) is 0 Å². The van der Waals surface area contributed by atoms with Crippen LogP contribution in [0.1, 0.15) is 69.5 Å². The summed E-state index contributed by atoms with van der Waals surface area (Å²) in [6, 6.07) is 19.5. The number of amides is 3. The third-order valence-corrected chi connectivity index (χ3v) is 6.40. The first-order valence-corrected chi connectivity index (χ1v) is 11.9. The van der Waals surface area contributed by atoms with E-state index in [0.717, 1.165) is 36.8 Å². The summed E-state index contributed by atoms with van der Waals surface area (Å²) in [5.41, 5.74) is 1.08. The monoisotopic (exact) mass is 449 g/mol. The minimum atomic E-state index is -0.911. The fourth-order valence-electron chi connectivity index (χ4n) is 4.77. The van der Waals surface area contributed by atoms with E-state index in [-0.39, 0.29) is 30.3 Å². The van der Waals surface area contributed by atoms with E-state index in [1.54, 1.807) is 4.90 Å². The molecule has 0 radical (unpaired) electrons. The van der Waals surface area contributed by atoms with E-state index in [1.165, 1.54) is 6.92 Å². The van der Waals surface area contributed by atoms with Crippen LogP contribution in [0, 0.1) is 0 Å². The van der Waals surface area contributed by atoms with Crippen molar-refractivity contribution >= 4 is 17.7 Å². The van der Waals surface area contributed by atoms with E-state index in [9.17, 15) is 14.4 Å². The number of benzene rings is 2. The van der Waals surface area contributed by atoms with E-state index in [0.29, 0.717) is 19.4 Å². The summed E-state index contributed by atoms with van der Waals surface area (Å²) in [6.45, 7) is 3.78. The molecule has 3 rings (SSSR count). The molecule has 0 bridgehead atoms. The zero-order valence-electron chi connectivity index (χ0n) is 19.7. The Morgan fingerprint density at radius 1 is 0.909 bits per heavy atom. The molecule has 0 unspecified atom stereocenters. The van der Waals surface area contributed by atoms with Crippen LogP contribution in [0.5, 0.6) is 0 Å². The normalized spacial score (nSPS) is 15.0. The van der Waals surface area contributed by atoms with E-state index in [1.807, 2.05) is 67.6 Å². The maximum absolute atomic E-state index is 14.0. The van der Waals surface area contributed by atoms with Crippen LogP contribution < -0.4 is 10.6 Å². The molecule has 1 saturated carbocycles. The number of carbonyl (C=O) groups excluding carboxylic acids is 3. The summed E-state index contributed by atoms with van der Waals surface area (Å²) in [6.07, 6.45) is 4.82. The second-order valence-electron chi connectivity index (χ2n) is 8.78. The van der Waals surface area contributed by atoms with Gasteiger partial charge in [0.15, 0.2) is 0 Å². The molecule has 3 amide bonds. The lowest BCUT2D eigenvalue weighted by Crippen LogP contribution is -2.63. The zero-order chi connectivity index (χ0) is 23.7. The lowest BCUT2D eigenvalue weighted by Gasteiger charge is -2.45. The molecular weight excluding hydrogens is 414 g/mol. The van der Waals surface area contributed by atoms with Crippen molar-refractivity contribution in [1.82, 2.24) is 15.5 Å². The molecule has 1 aliphatic rings. The SMILES string of the molecule is CCCN(C(=O)CNC(C)=O)C1(C(=O)NC(c2ccccc2)c2ccccc2)CCCCC1. The average Bonchev–Trinajstić information content (AvgIpc) is 2.85. The number of carbonyl (C=O) groups is 3. The summed E-state index contributed by atoms with van der Waals surface area (Å²) in [7, 11) is 0. The Hall–Kier alpha value is -3.15. The Balaban J connectivity index is 1.95. The van der Waals surface area contributed by atoms with Crippen LogP contribution in [0.25, 0.3) is 0 Å². The van der Waals surface area contributed by atoms with Crippen molar-refractivity contribution in [3.63, 3.8) is 0 Å². The average molecular weight is 450 g/mol. The van der Waals surface area contributed by atoms with Crippen LogP contribution in [0.2, 0.25) is 0 Å². The summed E-state index contributed by atoms with van der Waals surface area (Å²) < 4.78 is 0. The van der Waals surface area contributed by atoms with Crippen LogP contribution in [-0.4, -0.2) is 41.2 Å². The van der Waals surface area contributed by atoms with Gasteiger partial charge in [-0.15, -0.1) is 0 Å². The van der Waals surface area contributed by atoms with Gasteiger partial charge in [-0.05, 0) is 30.4 Å². The third kappa shape index (κ3) is 6.01. The molecule has 0 atom stereocenters. The highest BCUT2D eigenvalue weighted by Crippen LogP contribution is 2.36. The van der Waals surface area contributed by atoms with Crippen molar-refractivity contribution in [2.75, 3.05) is 13.1 Å². The predicted octanol–water partition coefficient (Wildman–Crippen LogP) is 3.97. The van der Waals surface area contributed by atoms with E-state index >= 15 is 0 Å². The van der Waals surface area contributed by atoms with Gasteiger partial charge in [-0.25, -0.2) is 0 Å². The van der Waals surface area contributed by atoms with Gasteiger partial charge >= 0.3 is 0 Å². The molecule has 33 heavy (non-hydrogen) atoms. The van der Waals surface area contributed by atoms with Crippen molar-refractivity contribution < 1.29 is 14.4 Å². The van der Waals surface area contributed by atoms with Gasteiger partial charge in [0.1, 0.15) is 5.54 Å². The third-order valence-electron chi connectivity index (χ3n) is 6.40. The highest BCUT2D eigenvalue weighted by atomic mass is 16.2. The van der Waals surface area contributed by atoms with Crippen LogP contribution >= 0.6 is 0 Å². The van der Waals surface area contributed by atoms with Gasteiger partial charge in [0.25, 0.3) is 0 Å². The molecule has 6 heteroatoms. The summed E-state index contributed by atoms with van der Waals surface area (Å²) in [4.78, 5) is 40.4. The second-order valence-corrected chi connectivity index (χ2v) is 8.78. The largest absolute Gasteiger partial charge is 0.347 e. The van der Waals surface area contributed by atoms with Gasteiger partial charge < -0.3 is 15.5 Å². The van der Waals surface area contributed by atoms with Crippen molar-refractivity contribution in [2.45, 2.75) is 64.0 Å². The molecule has 6 nitrogen and oxygen atoms in total. The first-order chi connectivity index (χ1) is 16.0. The van der Waals surface area contributed by atoms with Crippen LogP contribution in [0.15, 0.2) is 60.7 Å². The Morgan fingerprint density at radius 2 is 1.45 bits per heavy atom. The maximum Gasteiger partial charge on any atom is 0.246 e. The molecule has 0 spiro atoms. The quantitative estimate of drug-likeness (QED) is 0.608. The number of hydrogen-bond acceptors (Lipinski definition) is 3. The molecule has 1 aliphatic carbocycles. The molecule has 176 valence electrons. The topological polar surface area (TPSA) is 78.5 Å². The molecule has 2 N–H and O–H groups in total. The summed E-state index contributed by atoms with van der Waals surface area (Å²) >= 11 is 0. The van der Waals surface area contributed by atoms with Crippen molar-refractivity contribution in [1.29, 1.82) is 0 Å². The van der Waals surface area contributed by atoms with Crippen molar-refractivity contribution in [3.8, 4) is 0 Å². The molecule has 0 aliphatic heterocycles. The van der Waals surface area contributed by atoms with Crippen LogP contribution in [0.3, 0.4) is 0 Å². The van der Waals surface area contributed by atoms with E-state index in [4.69, 9.17) is 0 Å². The predicted molar refractivity (Wildman–Crippen MR) is 129 cm³/mol. The Morgan fingerprint density at radius 3 is 1.94 bits per heavy atom. The number of nitrogens with zero attached hydrogens (tertiary/aromatic N) is 1. The fraction of sp³-hybridized carbons (Fsp3) is 0.444. The minimum Gasteiger partial charge on any atom is -0.347 e. The van der Waals surface area contributed by atoms with Gasteiger partial charge in [-0.2, -0.15) is 0 Å².